The highest BCUT2D eigenvalue weighted by atomic mass is 35.5. The van der Waals surface area contributed by atoms with E-state index in [9.17, 15) is 23.2 Å². The minimum absolute atomic E-state index is 0.00634. The molecule has 0 aliphatic carbocycles. The van der Waals surface area contributed by atoms with Crippen LogP contribution < -0.4 is 19.9 Å². The molecule has 0 atom stereocenters. The van der Waals surface area contributed by atoms with Crippen LogP contribution in [-0.4, -0.2) is 52.1 Å². The Morgan fingerprint density at radius 2 is 1.85 bits per heavy atom. The highest BCUT2D eigenvalue weighted by molar-refractivity contribution is 6.32. The Morgan fingerprint density at radius 3 is 2.51 bits per heavy atom. The third kappa shape index (κ3) is 5.53. The zero-order chi connectivity index (χ0) is 28.3. The predicted octanol–water partition coefficient (Wildman–Crippen LogP) is 3.71. The van der Waals surface area contributed by atoms with Gasteiger partial charge >= 0.3 is 11.7 Å². The van der Waals surface area contributed by atoms with Crippen LogP contribution in [0.4, 0.5) is 8.78 Å². The van der Waals surface area contributed by atoms with Crippen molar-refractivity contribution in [2.24, 2.45) is 0 Å². The van der Waals surface area contributed by atoms with Crippen molar-refractivity contribution in [1.82, 2.24) is 19.5 Å². The maximum atomic E-state index is 14.5. The summed E-state index contributed by atoms with van der Waals surface area (Å²) in [6.07, 6.45) is 0. The number of aromatic amines is 1. The van der Waals surface area contributed by atoms with Gasteiger partial charge in [0.2, 0.25) is 0 Å². The number of ketones is 1. The smallest absolute Gasteiger partial charge is 0.343 e. The fourth-order valence-corrected chi connectivity index (χ4v) is 3.94. The number of methoxy groups -OCH3 is 2. The lowest BCUT2D eigenvalue weighted by Gasteiger charge is -2.17. The maximum absolute atomic E-state index is 14.5. The Hall–Kier alpha value is -4.52. The van der Waals surface area contributed by atoms with Gasteiger partial charge in [-0.25, -0.2) is 32.9 Å². The first-order valence-electron chi connectivity index (χ1n) is 11.2. The second kappa shape index (κ2) is 11.5. The fraction of sp³-hybridized carbons (Fsp3) is 0.240. The number of H-pyrrole nitrogens is 1. The zero-order valence-corrected chi connectivity index (χ0v) is 21.6. The minimum Gasteiger partial charge on any atom is -0.496 e. The summed E-state index contributed by atoms with van der Waals surface area (Å²) in [7, 11) is 2.55. The SMILES string of the molecule is COC(=O)COc1cc(Cl)c(-n2c(=O)[nH]c3c(C(C)=O)nc(CF)nc32)cc1OCc1c(F)cccc1OC. The highest BCUT2D eigenvalue weighted by Gasteiger charge is 2.23. The number of fused-ring (bicyclic) bond motifs is 1. The number of carbonyl (C=O) groups excluding carboxylic acids is 2. The van der Waals surface area contributed by atoms with E-state index >= 15 is 0 Å². The summed E-state index contributed by atoms with van der Waals surface area (Å²) in [4.78, 5) is 47.2. The van der Waals surface area contributed by atoms with Gasteiger partial charge in [-0.15, -0.1) is 0 Å². The van der Waals surface area contributed by atoms with E-state index in [4.69, 9.17) is 25.8 Å². The third-order valence-corrected chi connectivity index (χ3v) is 5.83. The molecule has 0 amide bonds. The molecule has 0 saturated heterocycles. The monoisotopic (exact) mass is 562 g/mol. The van der Waals surface area contributed by atoms with E-state index in [1.807, 2.05) is 0 Å². The van der Waals surface area contributed by atoms with Crippen molar-refractivity contribution in [2.45, 2.75) is 20.2 Å². The van der Waals surface area contributed by atoms with Crippen LogP contribution in [0.2, 0.25) is 5.02 Å². The fourth-order valence-electron chi connectivity index (χ4n) is 3.71. The molecule has 0 aliphatic rings. The van der Waals surface area contributed by atoms with Crippen LogP contribution in [0, 0.1) is 5.82 Å². The Labute approximate surface area is 224 Å². The predicted molar refractivity (Wildman–Crippen MR) is 134 cm³/mol. The third-order valence-electron chi connectivity index (χ3n) is 5.53. The maximum Gasteiger partial charge on any atom is 0.343 e. The van der Waals surface area contributed by atoms with Crippen LogP contribution in [0.5, 0.6) is 17.2 Å². The summed E-state index contributed by atoms with van der Waals surface area (Å²) in [6.45, 7) is -0.726. The number of ether oxygens (including phenoxy) is 4. The molecule has 14 heteroatoms. The molecular formula is C25H21ClF2N4O7. The van der Waals surface area contributed by atoms with Crippen molar-refractivity contribution in [2.75, 3.05) is 20.8 Å². The number of hydrogen-bond donors (Lipinski definition) is 1. The van der Waals surface area contributed by atoms with Crippen molar-refractivity contribution >= 4 is 34.5 Å². The molecule has 0 bridgehead atoms. The average molecular weight is 563 g/mol. The molecule has 0 saturated carbocycles. The molecule has 4 aromatic rings. The van der Waals surface area contributed by atoms with Gasteiger partial charge in [-0.05, 0) is 12.1 Å². The molecule has 4 rings (SSSR count). The summed E-state index contributed by atoms with van der Waals surface area (Å²) in [5.41, 5.74) is -0.978. The van der Waals surface area contributed by atoms with Gasteiger partial charge in [0.25, 0.3) is 0 Å². The van der Waals surface area contributed by atoms with E-state index < -0.39 is 36.5 Å². The van der Waals surface area contributed by atoms with Crippen LogP contribution in [0.1, 0.15) is 28.8 Å². The Kier molecular flexibility index (Phi) is 8.10. The number of halogens is 3. The normalized spacial score (nSPS) is 10.9. The van der Waals surface area contributed by atoms with E-state index in [2.05, 4.69) is 19.7 Å². The molecule has 0 fully saturated rings. The van der Waals surface area contributed by atoms with Gasteiger partial charge in [0.05, 0.1) is 30.5 Å². The molecule has 0 unspecified atom stereocenters. The van der Waals surface area contributed by atoms with Gasteiger partial charge < -0.3 is 23.9 Å². The number of benzene rings is 2. The van der Waals surface area contributed by atoms with E-state index in [1.165, 1.54) is 45.4 Å². The van der Waals surface area contributed by atoms with Gasteiger partial charge in [-0.3, -0.25) is 4.79 Å². The Balaban J connectivity index is 1.87. The first-order chi connectivity index (χ1) is 18.7. The van der Waals surface area contributed by atoms with Gasteiger partial charge in [-0.2, -0.15) is 0 Å². The first-order valence-corrected chi connectivity index (χ1v) is 11.6. The molecule has 11 nitrogen and oxygen atoms in total. The second-order valence-electron chi connectivity index (χ2n) is 7.97. The van der Waals surface area contributed by atoms with Crippen LogP contribution in [0.15, 0.2) is 35.1 Å². The molecule has 1 N–H and O–H groups in total. The minimum atomic E-state index is -1.09. The lowest BCUT2D eigenvalue weighted by Crippen LogP contribution is -2.17. The molecule has 2 heterocycles. The first kappa shape index (κ1) is 27.5. The number of imidazole rings is 1. The Morgan fingerprint density at radius 1 is 1.10 bits per heavy atom. The van der Waals surface area contributed by atoms with Crippen LogP contribution in [0.3, 0.4) is 0 Å². The molecule has 0 spiro atoms. The van der Waals surface area contributed by atoms with Gasteiger partial charge in [-0.1, -0.05) is 17.7 Å². The quantitative estimate of drug-likeness (QED) is 0.227. The standard InChI is InChI=1S/C25H21ClF2N4O7/c1-12(33)22-23-24(30-20(9-27)29-22)32(25(35)31-23)16-8-19(18(7-14(16)26)39-11-21(34)37-3)38-10-13-15(28)5-4-6-17(13)36-2/h4-8H,9-11H2,1-3H3,(H,31,35). The number of nitrogens with zero attached hydrogens (tertiary/aromatic N) is 3. The molecular weight excluding hydrogens is 542 g/mol. The number of esters is 1. The second-order valence-corrected chi connectivity index (χ2v) is 8.37. The summed E-state index contributed by atoms with van der Waals surface area (Å²) < 4.78 is 50.1. The number of rotatable bonds is 10. The average Bonchev–Trinajstić information content (AvgIpc) is 3.25. The van der Waals surface area contributed by atoms with Crippen LogP contribution in [0.25, 0.3) is 16.9 Å². The molecule has 2 aromatic heterocycles. The summed E-state index contributed by atoms with van der Waals surface area (Å²) >= 11 is 6.49. The summed E-state index contributed by atoms with van der Waals surface area (Å²) in [5.74, 6) is -1.99. The number of nitrogens with one attached hydrogen (secondary N) is 1. The Bertz CT molecular complexity index is 1640. The van der Waals surface area contributed by atoms with Gasteiger partial charge in [0.1, 0.15) is 36.1 Å². The largest absolute Gasteiger partial charge is 0.496 e. The highest BCUT2D eigenvalue weighted by Crippen LogP contribution is 2.37. The number of aromatic nitrogens is 4. The van der Waals surface area contributed by atoms with E-state index in [0.717, 1.165) is 4.57 Å². The number of carbonyl (C=O) groups is 2. The number of alkyl halides is 1. The zero-order valence-electron chi connectivity index (χ0n) is 20.8. The molecule has 0 aliphatic heterocycles. The lowest BCUT2D eigenvalue weighted by atomic mass is 10.2. The van der Waals surface area contributed by atoms with E-state index in [-0.39, 0.29) is 62.8 Å². The van der Waals surface area contributed by atoms with Crippen molar-refractivity contribution in [3.8, 4) is 22.9 Å². The topological polar surface area (TPSA) is 135 Å². The van der Waals surface area contributed by atoms with Gasteiger partial charge in [0, 0.05) is 19.1 Å². The van der Waals surface area contributed by atoms with Crippen molar-refractivity contribution in [1.29, 1.82) is 0 Å². The van der Waals surface area contributed by atoms with Crippen LogP contribution in [-0.2, 0) is 22.8 Å². The summed E-state index contributed by atoms with van der Waals surface area (Å²) in [6, 6.07) is 6.80. The number of Topliss-reactive ketones (excluding diaryl/α,β-unsaturated/α-hetero) is 1. The van der Waals surface area contributed by atoms with Crippen molar-refractivity contribution < 1.29 is 37.3 Å². The summed E-state index contributed by atoms with van der Waals surface area (Å²) in [5, 5.41) is -0.0570. The van der Waals surface area contributed by atoms with Crippen molar-refractivity contribution in [3.63, 3.8) is 0 Å². The van der Waals surface area contributed by atoms with Crippen molar-refractivity contribution in [3.05, 3.63) is 68.7 Å². The molecule has 2 aromatic carbocycles. The van der Waals surface area contributed by atoms with E-state index in [1.54, 1.807) is 6.07 Å². The van der Waals surface area contributed by atoms with Crippen LogP contribution >= 0.6 is 11.6 Å². The molecule has 0 radical (unpaired) electrons. The van der Waals surface area contributed by atoms with Gasteiger partial charge in [0.15, 0.2) is 35.4 Å². The lowest BCUT2D eigenvalue weighted by molar-refractivity contribution is -0.142. The van der Waals surface area contributed by atoms with E-state index in [0.29, 0.717) is 0 Å². The number of hydrogen-bond acceptors (Lipinski definition) is 9. The molecule has 204 valence electrons. The molecule has 39 heavy (non-hydrogen) atoms.